The molecule has 0 radical (unpaired) electrons. The largest absolute Gasteiger partial charge is 0.480 e. The molecule has 27 nitrogen and oxygen atoms in total. The fourth-order valence-electron chi connectivity index (χ4n) is 11.0. The van der Waals surface area contributed by atoms with Gasteiger partial charge in [0.2, 0.25) is 53.2 Å². The minimum absolute atomic E-state index is 0.0610. The number of likely N-dealkylation sites (tertiary alicyclic amines) is 2. The molecule has 0 saturated carbocycles. The van der Waals surface area contributed by atoms with E-state index in [9.17, 15) is 58.2 Å². The van der Waals surface area contributed by atoms with Crippen molar-refractivity contribution < 1.29 is 58.2 Å². The summed E-state index contributed by atoms with van der Waals surface area (Å²) in [4.78, 5) is 146. The highest BCUT2D eigenvalue weighted by Crippen LogP contribution is 2.27. The van der Waals surface area contributed by atoms with Crippen molar-refractivity contribution >= 4 is 75.9 Å². The van der Waals surface area contributed by atoms with Crippen LogP contribution in [0.2, 0.25) is 0 Å². The molecular weight excluding hydrogens is 1150 g/mol. The summed E-state index contributed by atoms with van der Waals surface area (Å²) in [6, 6.07) is 12.0. The van der Waals surface area contributed by atoms with Gasteiger partial charge >= 0.3 is 5.97 Å². The third kappa shape index (κ3) is 21.5. The number of nitrogens with zero attached hydrogens (tertiary/aromatic N) is 3. The van der Waals surface area contributed by atoms with Gasteiger partial charge in [0.25, 0.3) is 0 Å². The number of carboxylic acid groups (broad SMARTS) is 1. The Hall–Kier alpha value is -8.27. The molecule has 89 heavy (non-hydrogen) atoms. The van der Waals surface area contributed by atoms with Gasteiger partial charge in [-0.2, -0.15) is 0 Å². The van der Waals surface area contributed by atoms with E-state index in [0.29, 0.717) is 75.6 Å². The van der Waals surface area contributed by atoms with E-state index < -0.39 is 132 Å². The molecule has 0 aromatic heterocycles. The fraction of sp³-hybridized carbons (Fsp3) is 0.565. The van der Waals surface area contributed by atoms with Crippen molar-refractivity contribution in [1.82, 2.24) is 47.0 Å². The molecule has 9 amide bonds. The van der Waals surface area contributed by atoms with Crippen LogP contribution in [0.5, 0.6) is 0 Å². The molecule has 2 heterocycles. The fourth-order valence-corrected chi connectivity index (χ4v) is 11.0. The molecule has 19 N–H and O–H groups in total. The number of fused-ring (bicyclic) bond motifs is 1. The Labute approximate surface area is 519 Å². The van der Waals surface area contributed by atoms with E-state index in [1.165, 1.54) is 16.7 Å². The van der Waals surface area contributed by atoms with Crippen LogP contribution in [0.1, 0.15) is 115 Å². The van der Waals surface area contributed by atoms with Crippen LogP contribution in [-0.2, 0) is 60.8 Å². The van der Waals surface area contributed by atoms with E-state index in [0.717, 1.165) is 10.8 Å². The Bertz CT molecular complexity index is 2930. The summed E-state index contributed by atoms with van der Waals surface area (Å²) >= 11 is 0. The molecule has 3 aromatic carbocycles. The molecule has 2 aliphatic rings. The van der Waals surface area contributed by atoms with E-state index in [1.54, 1.807) is 50.2 Å². The summed E-state index contributed by atoms with van der Waals surface area (Å²) in [6.07, 6.45) is 4.68. The molecule has 5 rings (SSSR count). The van der Waals surface area contributed by atoms with E-state index in [2.05, 4.69) is 42.2 Å². The number of nitrogens with two attached hydrogens (primary N) is 5. The van der Waals surface area contributed by atoms with E-state index >= 15 is 0 Å². The van der Waals surface area contributed by atoms with Crippen LogP contribution < -0.4 is 65.9 Å². The van der Waals surface area contributed by atoms with Gasteiger partial charge in [-0.1, -0.05) is 99.5 Å². The molecule has 2 fully saturated rings. The second-order valence-corrected chi connectivity index (χ2v) is 23.3. The van der Waals surface area contributed by atoms with Gasteiger partial charge in [-0.05, 0) is 118 Å². The van der Waals surface area contributed by atoms with Crippen molar-refractivity contribution in [3.8, 4) is 0 Å². The number of carbonyl (C=O) groups is 10. The van der Waals surface area contributed by atoms with Crippen molar-refractivity contribution in [2.45, 2.75) is 171 Å². The van der Waals surface area contributed by atoms with Crippen molar-refractivity contribution in [3.63, 3.8) is 0 Å². The van der Waals surface area contributed by atoms with Crippen LogP contribution in [0.4, 0.5) is 0 Å². The van der Waals surface area contributed by atoms with Crippen LogP contribution in [0.3, 0.4) is 0 Å². The van der Waals surface area contributed by atoms with Crippen LogP contribution in [-0.4, -0.2) is 185 Å². The van der Waals surface area contributed by atoms with Gasteiger partial charge in [0.15, 0.2) is 5.96 Å². The maximum Gasteiger partial charge on any atom is 0.326 e. The zero-order valence-electron chi connectivity index (χ0n) is 51.4. The molecule has 0 bridgehead atoms. The Balaban J connectivity index is 1.28. The summed E-state index contributed by atoms with van der Waals surface area (Å²) in [5.74, 6) is -8.40. The first kappa shape index (κ1) is 71.5. The summed E-state index contributed by atoms with van der Waals surface area (Å²) in [6.45, 7) is 4.43. The number of aliphatic imine (C=N–C) groups is 1. The number of hydrogen-bond donors (Lipinski definition) is 14. The maximum absolute atomic E-state index is 14.6. The predicted octanol–water partition coefficient (Wildman–Crippen LogP) is -1.22. The number of unbranched alkanes of at least 4 members (excludes halogenated alkanes) is 2. The molecule has 0 spiro atoms. The second-order valence-electron chi connectivity index (χ2n) is 23.3. The van der Waals surface area contributed by atoms with Crippen molar-refractivity contribution in [1.29, 1.82) is 0 Å². The Kier molecular flexibility index (Phi) is 28.6. The van der Waals surface area contributed by atoms with Gasteiger partial charge in [0.05, 0.1) is 19.2 Å². The van der Waals surface area contributed by atoms with Gasteiger partial charge in [0, 0.05) is 32.5 Å². The van der Waals surface area contributed by atoms with Crippen LogP contribution >= 0.6 is 0 Å². The first-order chi connectivity index (χ1) is 42.5. The maximum atomic E-state index is 14.6. The number of carboxylic acids is 1. The molecule has 2 saturated heterocycles. The highest BCUT2D eigenvalue weighted by atomic mass is 16.4. The second kappa shape index (κ2) is 35.7. The molecule has 27 heteroatoms. The van der Waals surface area contributed by atoms with Crippen LogP contribution in [0, 0.1) is 5.92 Å². The zero-order valence-corrected chi connectivity index (χ0v) is 51.4. The number of rotatable bonds is 36. The van der Waals surface area contributed by atoms with Gasteiger partial charge in [0.1, 0.15) is 47.8 Å². The standard InChI is InChI=1S/C62H93N15O12/c1-4-38(2)51(59(87)88)74-54(82)46(34-40-26-27-41-19-8-9-20-42(41)33-40)72-55(83)47(37-78)73-60(89)62(3,35-39-17-6-5-7-18-39)75-50(79)36-69-56(84)48-24-15-31-76(48)58(86)49-25-16-32-77(49)57(85)45(23-14-30-68-61(66)67)71-53(81)44(22-11-13-29-64)70-52(80)43(65)21-10-12-28-63/h5-9,17-20,26-27,33,38,43-49,51,78H,4,10-16,21-25,28-32,34-37,63-65H2,1-3H3,(H,69,84)(H,70,80)(H,71,81)(H,72,83)(H,73,89)(H,74,82)(H,75,79)(H,87,88)(H4,66,67,68)/t38-,43-,44-,45-,46+,47-,48-,49-,51-,62-/m0/s1. The lowest BCUT2D eigenvalue weighted by Crippen LogP contribution is -2.64. The molecule has 10 atom stereocenters. The monoisotopic (exact) mass is 1240 g/mol. The van der Waals surface area contributed by atoms with Crippen molar-refractivity contribution in [2.75, 3.05) is 45.9 Å². The van der Waals surface area contributed by atoms with Gasteiger partial charge in [-0.15, -0.1) is 0 Å². The first-order valence-electron chi connectivity index (χ1n) is 30.8. The van der Waals surface area contributed by atoms with E-state index in [1.807, 2.05) is 36.4 Å². The van der Waals surface area contributed by atoms with Gasteiger partial charge in [-0.25, -0.2) is 4.79 Å². The Morgan fingerprint density at radius 2 is 1.27 bits per heavy atom. The number of benzene rings is 3. The highest BCUT2D eigenvalue weighted by Gasteiger charge is 2.45. The summed E-state index contributed by atoms with van der Waals surface area (Å²) in [5, 5.41) is 40.9. The van der Waals surface area contributed by atoms with Crippen LogP contribution in [0.15, 0.2) is 77.8 Å². The van der Waals surface area contributed by atoms with E-state index in [4.69, 9.17) is 28.7 Å². The van der Waals surface area contributed by atoms with Crippen molar-refractivity contribution in [3.05, 3.63) is 83.9 Å². The normalized spacial score (nSPS) is 17.7. The molecule has 2 aliphatic heterocycles. The molecular formula is C62H93N15O12. The minimum Gasteiger partial charge on any atom is -0.480 e. The number of aliphatic carboxylic acids is 1. The number of aliphatic hydroxyl groups excluding tert-OH is 1. The average molecular weight is 1240 g/mol. The molecule has 0 aliphatic carbocycles. The number of hydrogen-bond acceptors (Lipinski definition) is 15. The van der Waals surface area contributed by atoms with Gasteiger partial charge in [-0.3, -0.25) is 48.1 Å². The SMILES string of the molecule is CC[C@H](C)[C@H](NC(=O)[C@@H](Cc1ccc2ccccc2c1)NC(=O)[C@H](CO)NC(=O)[C@](C)(Cc1ccccc1)NC(=O)CNC(=O)[C@@H]1CCCN1C(=O)[C@@H]1CCCN1C(=O)[C@H](CCCN=C(N)N)NC(=O)[C@H](CCCCN)NC(=O)[C@@H](N)CCCCN)C(=O)O. The number of carbonyl (C=O) groups excluding carboxylic acids is 9. The summed E-state index contributed by atoms with van der Waals surface area (Å²) in [7, 11) is 0. The number of nitrogens with one attached hydrogen (secondary N) is 7. The topological polar surface area (TPSA) is 444 Å². The molecule has 488 valence electrons. The van der Waals surface area contributed by atoms with Gasteiger partial charge < -0.3 is 85.9 Å². The summed E-state index contributed by atoms with van der Waals surface area (Å²) < 4.78 is 0. The molecule has 3 aromatic rings. The quantitative estimate of drug-likeness (QED) is 0.0184. The number of guanidine groups is 1. The number of aliphatic hydroxyl groups is 1. The smallest absolute Gasteiger partial charge is 0.326 e. The highest BCUT2D eigenvalue weighted by molar-refractivity contribution is 5.99. The molecule has 0 unspecified atom stereocenters. The lowest BCUT2D eigenvalue weighted by Gasteiger charge is -2.33. The lowest BCUT2D eigenvalue weighted by molar-refractivity contribution is -0.148. The van der Waals surface area contributed by atoms with E-state index in [-0.39, 0.29) is 70.5 Å². The zero-order chi connectivity index (χ0) is 65.2. The average Bonchev–Trinajstić information content (AvgIpc) is 3.61. The predicted molar refractivity (Wildman–Crippen MR) is 334 cm³/mol. The minimum atomic E-state index is -1.85. The Morgan fingerprint density at radius 3 is 1.92 bits per heavy atom. The van der Waals surface area contributed by atoms with Crippen LogP contribution in [0.25, 0.3) is 10.8 Å². The third-order valence-electron chi connectivity index (χ3n) is 16.3. The first-order valence-corrected chi connectivity index (χ1v) is 30.8. The summed E-state index contributed by atoms with van der Waals surface area (Å²) in [5.41, 5.74) is 28.0. The number of amides is 9. The van der Waals surface area contributed by atoms with Crippen molar-refractivity contribution in [2.24, 2.45) is 39.6 Å². The Morgan fingerprint density at radius 1 is 0.674 bits per heavy atom. The third-order valence-corrected chi connectivity index (χ3v) is 16.3. The lowest BCUT2D eigenvalue weighted by atomic mass is 9.91.